The van der Waals surface area contributed by atoms with Gasteiger partial charge >= 0.3 is 5.97 Å². The SMILES string of the molecule is CC(C)Sc1ccc(C(CN)C(=O)O)cc1. The molecule has 1 rings (SSSR count). The molecule has 0 saturated heterocycles. The van der Waals surface area contributed by atoms with Crippen molar-refractivity contribution in [2.24, 2.45) is 5.73 Å². The van der Waals surface area contributed by atoms with E-state index in [9.17, 15) is 4.79 Å². The summed E-state index contributed by atoms with van der Waals surface area (Å²) < 4.78 is 0. The van der Waals surface area contributed by atoms with Crippen molar-refractivity contribution in [3.05, 3.63) is 29.8 Å². The summed E-state index contributed by atoms with van der Waals surface area (Å²) >= 11 is 1.76. The van der Waals surface area contributed by atoms with Gasteiger partial charge in [-0.1, -0.05) is 26.0 Å². The summed E-state index contributed by atoms with van der Waals surface area (Å²) in [4.78, 5) is 12.1. The molecule has 0 bridgehead atoms. The third-order valence-corrected chi connectivity index (χ3v) is 3.20. The normalized spacial score (nSPS) is 12.8. The lowest BCUT2D eigenvalue weighted by molar-refractivity contribution is -0.138. The van der Waals surface area contributed by atoms with E-state index in [-0.39, 0.29) is 6.54 Å². The zero-order valence-electron chi connectivity index (χ0n) is 9.51. The Labute approximate surface area is 100 Å². The highest BCUT2D eigenvalue weighted by atomic mass is 32.2. The Bertz CT molecular complexity index is 349. The van der Waals surface area contributed by atoms with Gasteiger partial charge in [-0.3, -0.25) is 4.79 Å². The summed E-state index contributed by atoms with van der Waals surface area (Å²) in [5.41, 5.74) is 6.21. The van der Waals surface area contributed by atoms with E-state index in [0.29, 0.717) is 5.25 Å². The maximum Gasteiger partial charge on any atom is 0.312 e. The first kappa shape index (κ1) is 13.1. The second kappa shape index (κ2) is 5.92. The van der Waals surface area contributed by atoms with Crippen LogP contribution in [-0.2, 0) is 4.79 Å². The monoisotopic (exact) mass is 239 g/mol. The van der Waals surface area contributed by atoms with Crippen molar-refractivity contribution in [1.29, 1.82) is 0 Å². The highest BCUT2D eigenvalue weighted by Crippen LogP contribution is 2.25. The summed E-state index contributed by atoms with van der Waals surface area (Å²) in [6, 6.07) is 7.59. The predicted octanol–water partition coefficient (Wildman–Crippen LogP) is 2.31. The molecular weight excluding hydrogens is 222 g/mol. The Kier molecular flexibility index (Phi) is 4.83. The molecule has 1 aromatic rings. The molecule has 0 radical (unpaired) electrons. The van der Waals surface area contributed by atoms with Crippen LogP contribution in [0.4, 0.5) is 0 Å². The molecule has 3 nitrogen and oxygen atoms in total. The van der Waals surface area contributed by atoms with Crippen molar-refractivity contribution < 1.29 is 9.90 Å². The van der Waals surface area contributed by atoms with E-state index in [4.69, 9.17) is 10.8 Å². The summed E-state index contributed by atoms with van der Waals surface area (Å²) in [5.74, 6) is -1.47. The Morgan fingerprint density at radius 3 is 2.31 bits per heavy atom. The number of aliphatic carboxylic acids is 1. The first-order chi connectivity index (χ1) is 7.54. The van der Waals surface area contributed by atoms with E-state index in [0.717, 1.165) is 10.5 Å². The van der Waals surface area contributed by atoms with Gasteiger partial charge in [0.1, 0.15) is 0 Å². The van der Waals surface area contributed by atoms with Crippen LogP contribution in [0.5, 0.6) is 0 Å². The van der Waals surface area contributed by atoms with E-state index in [1.807, 2.05) is 24.3 Å². The van der Waals surface area contributed by atoms with Gasteiger partial charge < -0.3 is 10.8 Å². The average molecular weight is 239 g/mol. The number of rotatable bonds is 5. The number of thioether (sulfide) groups is 1. The van der Waals surface area contributed by atoms with Crippen LogP contribution in [-0.4, -0.2) is 22.9 Å². The summed E-state index contributed by atoms with van der Waals surface area (Å²) in [6.07, 6.45) is 0. The molecule has 88 valence electrons. The van der Waals surface area contributed by atoms with E-state index in [1.165, 1.54) is 0 Å². The molecule has 3 N–H and O–H groups in total. The minimum atomic E-state index is -0.869. The third kappa shape index (κ3) is 3.54. The van der Waals surface area contributed by atoms with Crippen LogP contribution >= 0.6 is 11.8 Å². The lowest BCUT2D eigenvalue weighted by atomic mass is 10.00. The standard InChI is InChI=1S/C12H17NO2S/c1-8(2)16-10-5-3-9(4-6-10)11(7-13)12(14)15/h3-6,8,11H,7,13H2,1-2H3,(H,14,15). The molecule has 0 heterocycles. The molecule has 1 unspecified atom stereocenters. The van der Waals surface area contributed by atoms with E-state index in [2.05, 4.69) is 13.8 Å². The fourth-order valence-electron chi connectivity index (χ4n) is 1.43. The fraction of sp³-hybridized carbons (Fsp3) is 0.417. The van der Waals surface area contributed by atoms with Gasteiger partial charge in [0, 0.05) is 16.7 Å². The summed E-state index contributed by atoms with van der Waals surface area (Å²) in [6.45, 7) is 4.38. The van der Waals surface area contributed by atoms with Gasteiger partial charge in [0.2, 0.25) is 0 Å². The van der Waals surface area contributed by atoms with E-state index >= 15 is 0 Å². The zero-order chi connectivity index (χ0) is 12.1. The average Bonchev–Trinajstić information content (AvgIpc) is 2.20. The molecule has 0 aliphatic carbocycles. The lowest BCUT2D eigenvalue weighted by Gasteiger charge is -2.11. The molecule has 16 heavy (non-hydrogen) atoms. The van der Waals surface area contributed by atoms with Gasteiger partial charge in [-0.05, 0) is 17.7 Å². The van der Waals surface area contributed by atoms with Gasteiger partial charge in [-0.15, -0.1) is 11.8 Å². The van der Waals surface area contributed by atoms with Gasteiger partial charge in [-0.25, -0.2) is 0 Å². The Balaban J connectivity index is 2.81. The Morgan fingerprint density at radius 1 is 1.38 bits per heavy atom. The van der Waals surface area contributed by atoms with Crippen molar-refractivity contribution in [3.63, 3.8) is 0 Å². The lowest BCUT2D eigenvalue weighted by Crippen LogP contribution is -2.20. The van der Waals surface area contributed by atoms with Crippen molar-refractivity contribution >= 4 is 17.7 Å². The van der Waals surface area contributed by atoms with Gasteiger partial charge in [0.15, 0.2) is 0 Å². The van der Waals surface area contributed by atoms with Gasteiger partial charge in [0.25, 0.3) is 0 Å². The number of hydrogen-bond acceptors (Lipinski definition) is 3. The smallest absolute Gasteiger partial charge is 0.312 e. The molecule has 0 amide bonds. The van der Waals surface area contributed by atoms with Crippen LogP contribution in [0.1, 0.15) is 25.3 Å². The number of carboxylic acids is 1. The highest BCUT2D eigenvalue weighted by Gasteiger charge is 2.17. The first-order valence-corrected chi connectivity index (χ1v) is 6.12. The number of carboxylic acid groups (broad SMARTS) is 1. The molecule has 4 heteroatoms. The van der Waals surface area contributed by atoms with Crippen LogP contribution in [0.3, 0.4) is 0 Å². The van der Waals surface area contributed by atoms with Gasteiger partial charge in [-0.2, -0.15) is 0 Å². The van der Waals surface area contributed by atoms with Crippen molar-refractivity contribution in [2.75, 3.05) is 6.54 Å². The van der Waals surface area contributed by atoms with Crippen LogP contribution in [0, 0.1) is 0 Å². The molecule has 0 fully saturated rings. The number of benzene rings is 1. The van der Waals surface area contributed by atoms with Crippen LogP contribution in [0.15, 0.2) is 29.2 Å². The minimum absolute atomic E-state index is 0.131. The Morgan fingerprint density at radius 2 is 1.94 bits per heavy atom. The molecule has 0 aliphatic heterocycles. The molecule has 0 aliphatic rings. The van der Waals surface area contributed by atoms with Gasteiger partial charge in [0.05, 0.1) is 5.92 Å². The molecule has 0 spiro atoms. The molecule has 1 atom stereocenters. The second-order valence-electron chi connectivity index (χ2n) is 3.86. The van der Waals surface area contributed by atoms with Crippen LogP contribution in [0.25, 0.3) is 0 Å². The molecule has 0 aromatic heterocycles. The number of nitrogens with two attached hydrogens (primary N) is 1. The molecule has 1 aromatic carbocycles. The summed E-state index contributed by atoms with van der Waals surface area (Å²) in [5, 5.41) is 9.48. The Hall–Kier alpha value is -1.00. The molecular formula is C12H17NO2S. The maximum atomic E-state index is 10.9. The van der Waals surface area contributed by atoms with Crippen molar-refractivity contribution in [1.82, 2.24) is 0 Å². The molecule has 0 saturated carbocycles. The number of hydrogen-bond donors (Lipinski definition) is 2. The zero-order valence-corrected chi connectivity index (χ0v) is 10.3. The predicted molar refractivity (Wildman–Crippen MR) is 66.9 cm³/mol. The number of carbonyl (C=O) groups is 1. The maximum absolute atomic E-state index is 10.9. The van der Waals surface area contributed by atoms with Crippen LogP contribution in [0.2, 0.25) is 0 Å². The quantitative estimate of drug-likeness (QED) is 0.774. The van der Waals surface area contributed by atoms with Crippen molar-refractivity contribution in [3.8, 4) is 0 Å². The topological polar surface area (TPSA) is 63.3 Å². The van der Waals surface area contributed by atoms with Crippen LogP contribution < -0.4 is 5.73 Å². The first-order valence-electron chi connectivity index (χ1n) is 5.24. The minimum Gasteiger partial charge on any atom is -0.481 e. The summed E-state index contributed by atoms with van der Waals surface area (Å²) in [7, 11) is 0. The highest BCUT2D eigenvalue weighted by molar-refractivity contribution is 7.99. The largest absolute Gasteiger partial charge is 0.481 e. The fourth-order valence-corrected chi connectivity index (χ4v) is 2.27. The van der Waals surface area contributed by atoms with E-state index < -0.39 is 11.9 Å². The third-order valence-electron chi connectivity index (χ3n) is 2.19. The second-order valence-corrected chi connectivity index (χ2v) is 5.51. The van der Waals surface area contributed by atoms with Crippen molar-refractivity contribution in [2.45, 2.75) is 29.9 Å². The van der Waals surface area contributed by atoms with E-state index in [1.54, 1.807) is 11.8 Å².